The van der Waals surface area contributed by atoms with E-state index >= 15 is 0 Å². The summed E-state index contributed by atoms with van der Waals surface area (Å²) in [5.74, 6) is -0.464. The summed E-state index contributed by atoms with van der Waals surface area (Å²) in [5.41, 5.74) is 0. The Kier molecular flexibility index (Phi) is 44.5. The molecule has 0 aliphatic heterocycles. The lowest BCUT2D eigenvalue weighted by atomic mass is 10.0. The molecular weight excluding hydrogens is 667 g/mol. The number of nitrogens with one attached hydrogen (secondary N) is 1. The maximum absolute atomic E-state index is 12.5. The summed E-state index contributed by atoms with van der Waals surface area (Å²) in [6, 6.07) is -0.706. The lowest BCUT2D eigenvalue weighted by Gasteiger charge is -2.23. The Hall–Kier alpha value is -0.650. The molecule has 0 saturated heterocycles. The van der Waals surface area contributed by atoms with E-state index in [0.29, 0.717) is 12.8 Å². The third-order valence-corrected chi connectivity index (χ3v) is 12.0. The maximum Gasteiger partial charge on any atom is 0.249 e. The topological polar surface area (TPSA) is 89.8 Å². The molecule has 5 nitrogen and oxygen atoms in total. The first kappa shape index (κ1) is 53.4. The van der Waals surface area contributed by atoms with Crippen LogP contribution in [0.25, 0.3) is 0 Å². The summed E-state index contributed by atoms with van der Waals surface area (Å²) in [4.78, 5) is 12.5. The monoisotopic (exact) mass is 766 g/mol. The van der Waals surface area contributed by atoms with E-state index in [0.717, 1.165) is 32.1 Å². The summed E-state index contributed by atoms with van der Waals surface area (Å²) < 4.78 is 0. The molecular formula is C49H99NO4. The zero-order valence-electron chi connectivity index (χ0n) is 36.9. The van der Waals surface area contributed by atoms with E-state index in [1.165, 1.54) is 225 Å². The van der Waals surface area contributed by atoms with Gasteiger partial charge in [0, 0.05) is 0 Å². The van der Waals surface area contributed by atoms with Crippen LogP contribution in [0, 0.1) is 0 Å². The molecule has 324 valence electrons. The summed E-state index contributed by atoms with van der Waals surface area (Å²) >= 11 is 0. The third-order valence-electron chi connectivity index (χ3n) is 12.0. The molecule has 0 rings (SSSR count). The van der Waals surface area contributed by atoms with E-state index in [-0.39, 0.29) is 6.61 Å². The Balaban J connectivity index is 3.54. The highest BCUT2D eigenvalue weighted by atomic mass is 16.3. The molecule has 0 aromatic carbocycles. The van der Waals surface area contributed by atoms with E-state index in [2.05, 4.69) is 19.2 Å². The molecule has 0 saturated carbocycles. The van der Waals surface area contributed by atoms with Gasteiger partial charge < -0.3 is 20.6 Å². The molecule has 4 N–H and O–H groups in total. The molecule has 0 fully saturated rings. The van der Waals surface area contributed by atoms with Gasteiger partial charge >= 0.3 is 0 Å². The second kappa shape index (κ2) is 45.1. The lowest BCUT2D eigenvalue weighted by Crippen LogP contribution is -2.49. The van der Waals surface area contributed by atoms with Gasteiger partial charge in [-0.1, -0.05) is 271 Å². The van der Waals surface area contributed by atoms with E-state index in [1.807, 2.05) is 0 Å². The van der Waals surface area contributed by atoms with Gasteiger partial charge in [-0.2, -0.15) is 0 Å². The van der Waals surface area contributed by atoms with Gasteiger partial charge in [-0.15, -0.1) is 0 Å². The molecule has 0 radical (unpaired) electrons. The van der Waals surface area contributed by atoms with Crippen LogP contribution >= 0.6 is 0 Å². The zero-order valence-corrected chi connectivity index (χ0v) is 36.9. The first-order chi connectivity index (χ1) is 26.6. The highest BCUT2D eigenvalue weighted by Gasteiger charge is 2.23. The van der Waals surface area contributed by atoms with E-state index in [1.54, 1.807) is 0 Å². The molecule has 0 heterocycles. The summed E-state index contributed by atoms with van der Waals surface area (Å²) in [7, 11) is 0. The Bertz CT molecular complexity index is 718. The van der Waals surface area contributed by atoms with Crippen molar-refractivity contribution < 1.29 is 20.1 Å². The van der Waals surface area contributed by atoms with Crippen molar-refractivity contribution >= 4 is 5.91 Å². The Morgan fingerprint density at radius 1 is 0.370 bits per heavy atom. The smallest absolute Gasteiger partial charge is 0.249 e. The number of aliphatic hydroxyl groups excluding tert-OH is 3. The second-order valence-electron chi connectivity index (χ2n) is 17.4. The van der Waals surface area contributed by atoms with Gasteiger partial charge in [-0.3, -0.25) is 4.79 Å². The van der Waals surface area contributed by atoms with Gasteiger partial charge in [0.25, 0.3) is 0 Å². The molecule has 0 aliphatic rings. The van der Waals surface area contributed by atoms with Crippen molar-refractivity contribution in [2.45, 2.75) is 302 Å². The lowest BCUT2D eigenvalue weighted by molar-refractivity contribution is -0.131. The van der Waals surface area contributed by atoms with Crippen LogP contribution in [0.1, 0.15) is 284 Å². The summed E-state index contributed by atoms with van der Waals surface area (Å²) in [6.07, 6.45) is 52.6. The largest absolute Gasteiger partial charge is 0.394 e. The fourth-order valence-corrected chi connectivity index (χ4v) is 8.08. The predicted molar refractivity (Wildman–Crippen MR) is 236 cm³/mol. The van der Waals surface area contributed by atoms with E-state index in [9.17, 15) is 20.1 Å². The predicted octanol–water partition coefficient (Wildman–Crippen LogP) is 14.6. The molecule has 3 unspecified atom stereocenters. The Morgan fingerprint density at radius 2 is 0.593 bits per heavy atom. The molecule has 54 heavy (non-hydrogen) atoms. The fraction of sp³-hybridized carbons (Fsp3) is 0.980. The average molecular weight is 766 g/mol. The number of aliphatic hydroxyl groups is 3. The Labute approximate surface area is 338 Å². The highest BCUT2D eigenvalue weighted by Crippen LogP contribution is 2.18. The number of unbranched alkanes of at least 4 members (excludes halogenated alkanes) is 38. The first-order valence-electron chi connectivity index (χ1n) is 24.8. The molecule has 0 aliphatic carbocycles. The number of carbonyl (C=O) groups excluding carboxylic acids is 1. The van der Waals surface area contributed by atoms with Crippen molar-refractivity contribution in [1.29, 1.82) is 0 Å². The minimum Gasteiger partial charge on any atom is -0.394 e. The molecule has 5 heteroatoms. The van der Waals surface area contributed by atoms with Crippen LogP contribution in [-0.2, 0) is 4.79 Å². The van der Waals surface area contributed by atoms with Gasteiger partial charge in [0.1, 0.15) is 6.10 Å². The van der Waals surface area contributed by atoms with Crippen LogP contribution < -0.4 is 5.32 Å². The fourth-order valence-electron chi connectivity index (χ4n) is 8.08. The van der Waals surface area contributed by atoms with Crippen LogP contribution in [0.2, 0.25) is 0 Å². The standard InChI is InChI=1S/C49H99NO4/c1-3-5-7-9-11-13-15-17-19-21-23-24-26-27-29-31-33-35-37-39-41-43-47(52)46(45-51)50-49(54)48(53)44-42-40-38-36-34-32-30-28-25-22-20-18-16-14-12-10-8-6-4-2/h46-48,51-53H,3-45H2,1-2H3,(H,50,54). The van der Waals surface area contributed by atoms with Crippen LogP contribution in [-0.4, -0.2) is 46.1 Å². The quantitative estimate of drug-likeness (QED) is 0.0465. The van der Waals surface area contributed by atoms with Gasteiger partial charge in [0.05, 0.1) is 18.8 Å². The number of rotatable bonds is 46. The maximum atomic E-state index is 12.5. The van der Waals surface area contributed by atoms with Crippen molar-refractivity contribution in [1.82, 2.24) is 5.32 Å². The van der Waals surface area contributed by atoms with Crippen LogP contribution in [0.3, 0.4) is 0 Å². The molecule has 0 aromatic heterocycles. The molecule has 0 spiro atoms. The van der Waals surface area contributed by atoms with Crippen LogP contribution in [0.5, 0.6) is 0 Å². The van der Waals surface area contributed by atoms with E-state index < -0.39 is 24.2 Å². The molecule has 1 amide bonds. The number of hydrogen-bond acceptors (Lipinski definition) is 4. The minimum absolute atomic E-state index is 0.307. The van der Waals surface area contributed by atoms with E-state index in [4.69, 9.17) is 0 Å². The summed E-state index contributed by atoms with van der Waals surface area (Å²) in [6.45, 7) is 4.27. The number of amides is 1. The van der Waals surface area contributed by atoms with Crippen LogP contribution in [0.15, 0.2) is 0 Å². The SMILES string of the molecule is CCCCCCCCCCCCCCCCCCCCCCCC(O)C(CO)NC(=O)C(O)CCCCCCCCCCCCCCCCCCCCC. The summed E-state index contributed by atoms with van der Waals surface area (Å²) in [5, 5.41) is 33.4. The average Bonchev–Trinajstić information content (AvgIpc) is 3.18. The molecule has 0 aromatic rings. The van der Waals surface area contributed by atoms with Gasteiger partial charge in [-0.25, -0.2) is 0 Å². The van der Waals surface area contributed by atoms with Crippen LogP contribution in [0.4, 0.5) is 0 Å². The zero-order chi connectivity index (χ0) is 39.4. The normalized spacial score (nSPS) is 13.4. The van der Waals surface area contributed by atoms with Gasteiger partial charge in [0.2, 0.25) is 5.91 Å². The van der Waals surface area contributed by atoms with Crippen molar-refractivity contribution in [3.05, 3.63) is 0 Å². The number of hydrogen-bond donors (Lipinski definition) is 4. The third kappa shape index (κ3) is 39.6. The minimum atomic E-state index is -1.07. The van der Waals surface area contributed by atoms with Gasteiger partial charge in [0.15, 0.2) is 0 Å². The Morgan fingerprint density at radius 3 is 0.833 bits per heavy atom. The van der Waals surface area contributed by atoms with Gasteiger partial charge in [-0.05, 0) is 12.8 Å². The first-order valence-corrected chi connectivity index (χ1v) is 24.8. The van der Waals surface area contributed by atoms with Crippen molar-refractivity contribution in [2.24, 2.45) is 0 Å². The molecule has 3 atom stereocenters. The molecule has 0 bridgehead atoms. The van der Waals surface area contributed by atoms with Crippen molar-refractivity contribution in [3.8, 4) is 0 Å². The second-order valence-corrected chi connectivity index (χ2v) is 17.4. The highest BCUT2D eigenvalue weighted by molar-refractivity contribution is 5.80. The van der Waals surface area contributed by atoms with Crippen molar-refractivity contribution in [2.75, 3.05) is 6.61 Å². The number of carbonyl (C=O) groups is 1. The van der Waals surface area contributed by atoms with Crippen molar-refractivity contribution in [3.63, 3.8) is 0 Å².